The molecule has 0 aliphatic carbocycles. The second kappa shape index (κ2) is 8.71. The number of fused-ring (bicyclic) bond motifs is 1. The Bertz CT molecular complexity index is 1120. The minimum absolute atomic E-state index is 0.0481. The van der Waals surface area contributed by atoms with E-state index in [1.807, 2.05) is 0 Å². The first-order chi connectivity index (χ1) is 13.8. The van der Waals surface area contributed by atoms with E-state index in [1.165, 1.54) is 34.8 Å². The first-order valence-electron chi connectivity index (χ1n) is 9.05. The Kier molecular flexibility index (Phi) is 6.30. The highest BCUT2D eigenvalue weighted by molar-refractivity contribution is 6.31. The van der Waals surface area contributed by atoms with Crippen molar-refractivity contribution >= 4 is 28.4 Å². The van der Waals surface area contributed by atoms with Gasteiger partial charge in [-0.1, -0.05) is 23.7 Å². The van der Waals surface area contributed by atoms with Crippen molar-refractivity contribution in [3.05, 3.63) is 75.0 Å². The molecule has 1 aromatic heterocycles. The minimum Gasteiger partial charge on any atom is -0.383 e. The van der Waals surface area contributed by atoms with Crippen molar-refractivity contribution in [2.45, 2.75) is 13.0 Å². The fourth-order valence-corrected chi connectivity index (χ4v) is 3.40. The second-order valence-corrected chi connectivity index (χ2v) is 7.08. The van der Waals surface area contributed by atoms with E-state index in [0.29, 0.717) is 21.7 Å². The Morgan fingerprint density at radius 3 is 2.72 bits per heavy atom. The van der Waals surface area contributed by atoms with E-state index in [2.05, 4.69) is 4.98 Å². The van der Waals surface area contributed by atoms with Crippen LogP contribution in [0, 0.1) is 5.82 Å². The summed E-state index contributed by atoms with van der Waals surface area (Å²) in [5, 5.41) is 0.827. The second-order valence-electron chi connectivity index (χ2n) is 6.64. The maximum Gasteiger partial charge on any atom is 0.261 e. The van der Waals surface area contributed by atoms with Crippen molar-refractivity contribution < 1.29 is 13.9 Å². The zero-order valence-corrected chi connectivity index (χ0v) is 17.1. The number of hydrogen-bond acceptors (Lipinski definition) is 4. The molecule has 0 N–H and O–H groups in total. The summed E-state index contributed by atoms with van der Waals surface area (Å²) >= 11 is 6.00. The zero-order valence-electron chi connectivity index (χ0n) is 16.4. The van der Waals surface area contributed by atoms with Crippen LogP contribution >= 0.6 is 11.6 Å². The average Bonchev–Trinajstić information content (AvgIpc) is 2.71. The van der Waals surface area contributed by atoms with Gasteiger partial charge in [0.25, 0.3) is 11.5 Å². The number of halogens is 2. The summed E-state index contributed by atoms with van der Waals surface area (Å²) in [5.41, 5.74) is 0.154. The topological polar surface area (TPSA) is 64.4 Å². The number of hydrogen-bond donors (Lipinski definition) is 0. The highest BCUT2D eigenvalue weighted by Crippen LogP contribution is 2.23. The van der Waals surface area contributed by atoms with E-state index in [4.69, 9.17) is 16.3 Å². The van der Waals surface area contributed by atoms with E-state index in [1.54, 1.807) is 38.2 Å². The summed E-state index contributed by atoms with van der Waals surface area (Å²) in [4.78, 5) is 31.9. The van der Waals surface area contributed by atoms with Gasteiger partial charge in [0.05, 0.1) is 29.1 Å². The Labute approximate surface area is 172 Å². The largest absolute Gasteiger partial charge is 0.383 e. The van der Waals surface area contributed by atoms with Crippen LogP contribution in [0.25, 0.3) is 10.9 Å². The molecule has 0 saturated carbocycles. The molecule has 3 rings (SSSR count). The molecule has 29 heavy (non-hydrogen) atoms. The highest BCUT2D eigenvalue weighted by atomic mass is 35.5. The summed E-state index contributed by atoms with van der Waals surface area (Å²) < 4.78 is 20.7. The molecule has 0 fully saturated rings. The summed E-state index contributed by atoms with van der Waals surface area (Å²) in [7, 11) is 3.10. The lowest BCUT2D eigenvalue weighted by Crippen LogP contribution is -2.39. The van der Waals surface area contributed by atoms with E-state index < -0.39 is 17.8 Å². The van der Waals surface area contributed by atoms with Crippen molar-refractivity contribution in [1.29, 1.82) is 0 Å². The lowest BCUT2D eigenvalue weighted by molar-refractivity contribution is 0.0599. The molecular formula is C21H21ClFN3O3. The lowest BCUT2D eigenvalue weighted by Gasteiger charge is -2.30. The van der Waals surface area contributed by atoms with Gasteiger partial charge >= 0.3 is 0 Å². The summed E-state index contributed by atoms with van der Waals surface area (Å²) in [5.74, 6) is -0.731. The third-order valence-electron chi connectivity index (χ3n) is 4.81. The van der Waals surface area contributed by atoms with Gasteiger partial charge in [-0.15, -0.1) is 0 Å². The fourth-order valence-electron chi connectivity index (χ4n) is 3.22. The van der Waals surface area contributed by atoms with Crippen LogP contribution in [0.2, 0.25) is 5.02 Å². The Balaban J connectivity index is 2.08. The minimum atomic E-state index is -0.609. The van der Waals surface area contributed by atoms with Gasteiger partial charge in [-0.3, -0.25) is 14.2 Å². The first kappa shape index (κ1) is 21.0. The summed E-state index contributed by atoms with van der Waals surface area (Å²) in [6, 6.07) is 10.1. The van der Waals surface area contributed by atoms with Crippen LogP contribution in [0.4, 0.5) is 4.39 Å². The van der Waals surface area contributed by atoms with Crippen LogP contribution < -0.4 is 5.56 Å². The van der Waals surface area contributed by atoms with Crippen LogP contribution in [0.3, 0.4) is 0 Å². The standard InChI is InChI=1S/C21H21ClFN3O3/c1-13(19-24-18-9-8-14(22)12-16(18)20(27)25(19)2)26(10-11-29-3)21(28)15-6-4-5-7-17(15)23/h4-9,12-13H,10-11H2,1-3H3. The number of benzene rings is 2. The number of ether oxygens (including phenoxy) is 1. The van der Waals surface area contributed by atoms with E-state index in [9.17, 15) is 14.0 Å². The molecule has 152 valence electrons. The van der Waals surface area contributed by atoms with Gasteiger partial charge in [0, 0.05) is 25.7 Å². The molecular weight excluding hydrogens is 397 g/mol. The number of aromatic nitrogens is 2. The van der Waals surface area contributed by atoms with Crippen LogP contribution in [-0.2, 0) is 11.8 Å². The monoisotopic (exact) mass is 417 g/mol. The van der Waals surface area contributed by atoms with Crippen molar-refractivity contribution in [3.63, 3.8) is 0 Å². The van der Waals surface area contributed by atoms with Gasteiger partial charge < -0.3 is 9.64 Å². The van der Waals surface area contributed by atoms with Crippen LogP contribution in [-0.4, -0.2) is 40.6 Å². The Morgan fingerprint density at radius 2 is 2.03 bits per heavy atom. The molecule has 0 saturated heterocycles. The van der Waals surface area contributed by atoms with Crippen molar-refractivity contribution in [3.8, 4) is 0 Å². The average molecular weight is 418 g/mol. The van der Waals surface area contributed by atoms with Crippen LogP contribution in [0.5, 0.6) is 0 Å². The van der Waals surface area contributed by atoms with Gasteiger partial charge in [0.2, 0.25) is 0 Å². The van der Waals surface area contributed by atoms with Crippen molar-refractivity contribution in [2.24, 2.45) is 7.05 Å². The maximum atomic E-state index is 14.2. The number of methoxy groups -OCH3 is 1. The molecule has 6 nitrogen and oxygen atoms in total. The Hall–Kier alpha value is -2.77. The first-order valence-corrected chi connectivity index (χ1v) is 9.43. The predicted octanol–water partition coefficient (Wildman–Crippen LogP) is 3.58. The van der Waals surface area contributed by atoms with Gasteiger partial charge in [0.15, 0.2) is 0 Å². The summed E-state index contributed by atoms with van der Waals surface area (Å²) in [6.45, 7) is 2.21. The lowest BCUT2D eigenvalue weighted by atomic mass is 10.1. The maximum absolute atomic E-state index is 14.2. The van der Waals surface area contributed by atoms with Crippen LogP contribution in [0.1, 0.15) is 29.1 Å². The molecule has 0 aliphatic heterocycles. The van der Waals surface area contributed by atoms with Gasteiger partial charge in [-0.2, -0.15) is 0 Å². The van der Waals surface area contributed by atoms with Crippen molar-refractivity contribution in [1.82, 2.24) is 14.5 Å². The number of rotatable bonds is 6. The molecule has 1 atom stereocenters. The molecule has 3 aromatic rings. The van der Waals surface area contributed by atoms with Crippen molar-refractivity contribution in [2.75, 3.05) is 20.3 Å². The molecule has 1 amide bonds. The molecule has 0 radical (unpaired) electrons. The third-order valence-corrected chi connectivity index (χ3v) is 5.05. The SMILES string of the molecule is COCCN(C(=O)c1ccccc1F)C(C)c1nc2ccc(Cl)cc2c(=O)n1C. The number of amides is 1. The number of carbonyl (C=O) groups is 1. The summed E-state index contributed by atoms with van der Waals surface area (Å²) in [6.07, 6.45) is 0. The smallest absolute Gasteiger partial charge is 0.261 e. The molecule has 0 spiro atoms. The highest BCUT2D eigenvalue weighted by Gasteiger charge is 2.27. The molecule has 0 aliphatic rings. The number of nitrogens with zero attached hydrogens (tertiary/aromatic N) is 3. The normalized spacial score (nSPS) is 12.2. The van der Waals surface area contributed by atoms with Gasteiger partial charge in [0.1, 0.15) is 11.6 Å². The predicted molar refractivity (Wildman–Crippen MR) is 110 cm³/mol. The van der Waals surface area contributed by atoms with Gasteiger partial charge in [-0.05, 0) is 37.3 Å². The fraction of sp³-hybridized carbons (Fsp3) is 0.286. The van der Waals surface area contributed by atoms with E-state index in [0.717, 1.165) is 0 Å². The molecule has 1 heterocycles. The molecule has 0 bridgehead atoms. The number of carbonyl (C=O) groups excluding carboxylic acids is 1. The molecule has 2 aromatic carbocycles. The zero-order chi connectivity index (χ0) is 21.1. The quantitative estimate of drug-likeness (QED) is 0.615. The molecule has 8 heteroatoms. The molecule has 1 unspecified atom stereocenters. The van der Waals surface area contributed by atoms with Crippen LogP contribution in [0.15, 0.2) is 47.3 Å². The van der Waals surface area contributed by atoms with Gasteiger partial charge in [-0.25, -0.2) is 9.37 Å². The third kappa shape index (κ3) is 4.16. The Morgan fingerprint density at radius 1 is 1.31 bits per heavy atom. The van der Waals surface area contributed by atoms with E-state index >= 15 is 0 Å². The van der Waals surface area contributed by atoms with E-state index in [-0.39, 0.29) is 24.3 Å².